The molecule has 0 bridgehead atoms. The largest absolute Gasteiger partial charge is 0.394 e. The number of aliphatic hydroxyl groups is 2. The molecule has 0 heterocycles. The average molecular weight is 309 g/mol. The molecule has 126 valence electrons. The van der Waals surface area contributed by atoms with Crippen molar-refractivity contribution >= 4 is 5.91 Å². The Morgan fingerprint density at radius 3 is 2.23 bits per heavy atom. The van der Waals surface area contributed by atoms with E-state index in [9.17, 15) is 15.0 Å². The second kappa shape index (κ2) is 14.5. The van der Waals surface area contributed by atoms with Crippen LogP contribution in [0.25, 0.3) is 0 Å². The smallest absolute Gasteiger partial charge is 0.220 e. The first-order valence-corrected chi connectivity index (χ1v) is 8.16. The summed E-state index contributed by atoms with van der Waals surface area (Å²) in [4.78, 5) is 11.5. The Labute approximate surface area is 134 Å². The second-order valence-corrected chi connectivity index (χ2v) is 5.22. The molecule has 2 atom stereocenters. The second-order valence-electron chi connectivity index (χ2n) is 5.22. The minimum atomic E-state index is -0.857. The van der Waals surface area contributed by atoms with E-state index in [2.05, 4.69) is 29.6 Å². The van der Waals surface area contributed by atoms with Crippen LogP contribution in [-0.4, -0.2) is 34.9 Å². The van der Waals surface area contributed by atoms with Crippen LogP contribution in [-0.2, 0) is 4.79 Å². The maximum absolute atomic E-state index is 11.5. The van der Waals surface area contributed by atoms with Crippen molar-refractivity contribution < 1.29 is 15.0 Å². The number of carbonyl (C=O) groups is 1. The highest BCUT2D eigenvalue weighted by Gasteiger charge is 2.17. The Kier molecular flexibility index (Phi) is 13.6. The number of amides is 1. The zero-order chi connectivity index (χ0) is 16.6. The quantitative estimate of drug-likeness (QED) is 0.383. The third-order valence-corrected chi connectivity index (χ3v) is 3.17. The molecule has 0 spiro atoms. The number of allylic oxidation sites excluding steroid dienone is 5. The molecule has 22 heavy (non-hydrogen) atoms. The van der Waals surface area contributed by atoms with Gasteiger partial charge in [-0.25, -0.2) is 0 Å². The number of carbonyl (C=O) groups excluding carboxylic acids is 1. The summed E-state index contributed by atoms with van der Waals surface area (Å²) in [7, 11) is 0. The summed E-state index contributed by atoms with van der Waals surface area (Å²) in [5.74, 6) is -0.141. The molecule has 0 fully saturated rings. The molecule has 0 aliphatic carbocycles. The van der Waals surface area contributed by atoms with Gasteiger partial charge in [0.15, 0.2) is 0 Å². The van der Waals surface area contributed by atoms with Crippen LogP contribution in [0, 0.1) is 0 Å². The Morgan fingerprint density at radius 1 is 1.09 bits per heavy atom. The fraction of sp³-hybridized carbons (Fsp3) is 0.611. The summed E-state index contributed by atoms with van der Waals surface area (Å²) in [6.07, 6.45) is 16.2. The number of rotatable bonds is 12. The third-order valence-electron chi connectivity index (χ3n) is 3.17. The van der Waals surface area contributed by atoms with Crippen LogP contribution in [0.1, 0.15) is 52.4 Å². The molecular formula is C18H31NO3. The normalized spacial score (nSPS) is 14.9. The lowest BCUT2D eigenvalue weighted by molar-refractivity contribution is -0.122. The highest BCUT2D eigenvalue weighted by atomic mass is 16.3. The van der Waals surface area contributed by atoms with E-state index in [0.29, 0.717) is 6.42 Å². The number of unbranched alkanes of at least 4 members (excludes halogenated alkanes) is 2. The van der Waals surface area contributed by atoms with Gasteiger partial charge in [-0.1, -0.05) is 43.4 Å². The first-order valence-electron chi connectivity index (χ1n) is 8.16. The maximum Gasteiger partial charge on any atom is 0.220 e. The van der Waals surface area contributed by atoms with Crippen molar-refractivity contribution in [2.24, 2.45) is 0 Å². The van der Waals surface area contributed by atoms with Crippen LogP contribution in [0.2, 0.25) is 0 Å². The van der Waals surface area contributed by atoms with Crippen LogP contribution in [0.3, 0.4) is 0 Å². The summed E-state index contributed by atoms with van der Waals surface area (Å²) < 4.78 is 0. The van der Waals surface area contributed by atoms with E-state index in [1.807, 2.05) is 19.9 Å². The lowest BCUT2D eigenvalue weighted by Gasteiger charge is -2.19. The van der Waals surface area contributed by atoms with Gasteiger partial charge in [-0.2, -0.15) is 0 Å². The highest BCUT2D eigenvalue weighted by molar-refractivity contribution is 5.76. The number of nitrogens with one attached hydrogen (secondary N) is 1. The molecule has 0 radical (unpaired) electrons. The van der Waals surface area contributed by atoms with E-state index in [1.54, 1.807) is 6.08 Å². The van der Waals surface area contributed by atoms with Gasteiger partial charge in [0.25, 0.3) is 0 Å². The molecule has 0 aliphatic rings. The summed E-state index contributed by atoms with van der Waals surface area (Å²) in [6.45, 7) is 3.66. The van der Waals surface area contributed by atoms with Crippen LogP contribution < -0.4 is 5.32 Å². The van der Waals surface area contributed by atoms with Crippen molar-refractivity contribution in [1.82, 2.24) is 5.32 Å². The zero-order valence-electron chi connectivity index (χ0n) is 13.9. The standard InChI is InChI=1S/C18H31NO3/c1-3-5-6-7-8-9-10-11-12-14-17(21)16(15-20)19-18(22)13-4-2/h3,5,8-9,12,14,16-17,20-21H,4,6-7,10-11,13,15H2,1-2H3,(H,19,22)/b5-3+,9-8+,14-12+. The average Bonchev–Trinajstić information content (AvgIpc) is 2.51. The van der Waals surface area contributed by atoms with Crippen molar-refractivity contribution in [3.8, 4) is 0 Å². The van der Waals surface area contributed by atoms with Gasteiger partial charge in [-0.3, -0.25) is 4.79 Å². The first-order chi connectivity index (χ1) is 10.7. The molecule has 4 heteroatoms. The van der Waals surface area contributed by atoms with Gasteiger partial charge in [-0.05, 0) is 39.0 Å². The van der Waals surface area contributed by atoms with Crippen LogP contribution in [0.15, 0.2) is 36.5 Å². The SMILES string of the molecule is C/C=C/CC/C=C/CC/C=C/C(O)C(CO)NC(=O)CCC. The first kappa shape index (κ1) is 20.6. The summed E-state index contributed by atoms with van der Waals surface area (Å²) in [5, 5.41) is 21.8. The molecule has 0 saturated heterocycles. The van der Waals surface area contributed by atoms with Gasteiger partial charge >= 0.3 is 0 Å². The van der Waals surface area contributed by atoms with Gasteiger partial charge < -0.3 is 15.5 Å². The van der Waals surface area contributed by atoms with Gasteiger partial charge in [0, 0.05) is 6.42 Å². The minimum Gasteiger partial charge on any atom is -0.394 e. The fourth-order valence-corrected chi connectivity index (χ4v) is 1.90. The van der Waals surface area contributed by atoms with Crippen LogP contribution >= 0.6 is 0 Å². The molecule has 0 aliphatic heterocycles. The number of hydrogen-bond acceptors (Lipinski definition) is 3. The summed E-state index contributed by atoms with van der Waals surface area (Å²) in [6, 6.07) is -0.633. The Morgan fingerprint density at radius 2 is 1.68 bits per heavy atom. The van der Waals surface area contributed by atoms with E-state index in [0.717, 1.165) is 32.1 Å². The fourth-order valence-electron chi connectivity index (χ4n) is 1.90. The minimum absolute atomic E-state index is 0.141. The van der Waals surface area contributed by atoms with Gasteiger partial charge in [0.2, 0.25) is 5.91 Å². The predicted octanol–water partition coefficient (Wildman–Crippen LogP) is 2.87. The molecule has 0 aromatic rings. The third kappa shape index (κ3) is 11.3. The van der Waals surface area contributed by atoms with E-state index < -0.39 is 12.1 Å². The van der Waals surface area contributed by atoms with Gasteiger partial charge in [0.1, 0.15) is 0 Å². The summed E-state index contributed by atoms with van der Waals surface area (Å²) in [5.41, 5.74) is 0. The molecule has 3 N–H and O–H groups in total. The number of hydrogen-bond donors (Lipinski definition) is 3. The van der Waals surface area contributed by atoms with E-state index in [4.69, 9.17) is 0 Å². The lowest BCUT2D eigenvalue weighted by atomic mass is 10.1. The van der Waals surface area contributed by atoms with Crippen molar-refractivity contribution in [2.45, 2.75) is 64.5 Å². The monoisotopic (exact) mass is 309 g/mol. The molecule has 0 aromatic carbocycles. The molecule has 0 aromatic heterocycles. The highest BCUT2D eigenvalue weighted by Crippen LogP contribution is 2.01. The molecule has 0 rings (SSSR count). The molecule has 2 unspecified atom stereocenters. The van der Waals surface area contributed by atoms with Crippen LogP contribution in [0.4, 0.5) is 0 Å². The topological polar surface area (TPSA) is 69.6 Å². The van der Waals surface area contributed by atoms with E-state index in [-0.39, 0.29) is 12.5 Å². The lowest BCUT2D eigenvalue weighted by Crippen LogP contribution is -2.45. The molecule has 4 nitrogen and oxygen atoms in total. The summed E-state index contributed by atoms with van der Waals surface area (Å²) >= 11 is 0. The molecular weight excluding hydrogens is 278 g/mol. The van der Waals surface area contributed by atoms with E-state index >= 15 is 0 Å². The van der Waals surface area contributed by atoms with Crippen molar-refractivity contribution in [1.29, 1.82) is 0 Å². The van der Waals surface area contributed by atoms with Gasteiger partial charge in [-0.15, -0.1) is 0 Å². The zero-order valence-corrected chi connectivity index (χ0v) is 13.9. The Bertz CT molecular complexity index is 361. The van der Waals surface area contributed by atoms with E-state index in [1.165, 1.54) is 0 Å². The van der Waals surface area contributed by atoms with Crippen molar-refractivity contribution in [2.75, 3.05) is 6.61 Å². The maximum atomic E-state index is 11.5. The number of aliphatic hydroxyl groups excluding tert-OH is 2. The molecule has 0 saturated carbocycles. The molecule has 1 amide bonds. The van der Waals surface area contributed by atoms with Crippen LogP contribution in [0.5, 0.6) is 0 Å². The van der Waals surface area contributed by atoms with Crippen molar-refractivity contribution in [3.05, 3.63) is 36.5 Å². The van der Waals surface area contributed by atoms with Gasteiger partial charge in [0.05, 0.1) is 18.8 Å². The Balaban J connectivity index is 3.96. The Hall–Kier alpha value is -1.39. The van der Waals surface area contributed by atoms with Crippen molar-refractivity contribution in [3.63, 3.8) is 0 Å². The predicted molar refractivity (Wildman–Crippen MR) is 91.5 cm³/mol.